The predicted molar refractivity (Wildman–Crippen MR) is 90.5 cm³/mol. The Morgan fingerprint density at radius 1 is 1.60 bits per heavy atom. The first kappa shape index (κ1) is 17.3. The van der Waals surface area contributed by atoms with Gasteiger partial charge in [-0.05, 0) is 19.4 Å². The van der Waals surface area contributed by atoms with E-state index in [0.717, 1.165) is 37.8 Å². The quantitative estimate of drug-likeness (QED) is 0.474. The van der Waals surface area contributed by atoms with Crippen molar-refractivity contribution in [3.8, 4) is 0 Å². The number of hydrogen-bond acceptors (Lipinski definition) is 3. The molecular weight excluding hydrogens is 369 g/mol. The number of furan rings is 1. The highest BCUT2D eigenvalue weighted by molar-refractivity contribution is 14.0. The minimum absolute atomic E-state index is 0. The third-order valence-corrected chi connectivity index (χ3v) is 3.31. The van der Waals surface area contributed by atoms with Crippen LogP contribution < -0.4 is 5.32 Å². The summed E-state index contributed by atoms with van der Waals surface area (Å²) in [7, 11) is 1.76. The highest BCUT2D eigenvalue weighted by Gasteiger charge is 2.24. The largest absolute Gasteiger partial charge is 0.472 e. The lowest BCUT2D eigenvalue weighted by Gasteiger charge is -2.21. The van der Waals surface area contributed by atoms with E-state index in [4.69, 9.17) is 9.15 Å². The molecule has 1 fully saturated rings. The molecule has 0 radical (unpaired) electrons. The van der Waals surface area contributed by atoms with Crippen molar-refractivity contribution in [1.29, 1.82) is 0 Å². The second-order valence-corrected chi connectivity index (χ2v) is 4.86. The molecule has 1 aromatic heterocycles. The van der Waals surface area contributed by atoms with Crippen molar-refractivity contribution in [3.63, 3.8) is 0 Å². The van der Waals surface area contributed by atoms with Gasteiger partial charge in [0.2, 0.25) is 0 Å². The van der Waals surface area contributed by atoms with E-state index in [9.17, 15) is 0 Å². The molecule has 1 atom stereocenters. The van der Waals surface area contributed by atoms with Gasteiger partial charge in [0.05, 0.1) is 25.7 Å². The van der Waals surface area contributed by atoms with Crippen LogP contribution in [0.4, 0.5) is 0 Å². The Morgan fingerprint density at radius 3 is 3.10 bits per heavy atom. The lowest BCUT2D eigenvalue weighted by Crippen LogP contribution is -2.40. The van der Waals surface area contributed by atoms with Crippen molar-refractivity contribution in [1.82, 2.24) is 10.2 Å². The number of ether oxygens (including phenoxy) is 1. The Bertz CT molecular complexity index is 395. The van der Waals surface area contributed by atoms with Crippen molar-refractivity contribution in [3.05, 3.63) is 24.2 Å². The second kappa shape index (κ2) is 9.23. The second-order valence-electron chi connectivity index (χ2n) is 4.86. The van der Waals surface area contributed by atoms with Crippen molar-refractivity contribution < 1.29 is 9.15 Å². The molecule has 0 saturated carbocycles. The Hall–Kier alpha value is -0.760. The lowest BCUT2D eigenvalue weighted by atomic mass is 10.1. The van der Waals surface area contributed by atoms with Crippen LogP contribution in [-0.2, 0) is 11.3 Å². The topological polar surface area (TPSA) is 50.0 Å². The van der Waals surface area contributed by atoms with E-state index in [1.54, 1.807) is 19.6 Å². The molecule has 2 heterocycles. The van der Waals surface area contributed by atoms with Crippen LogP contribution in [0.25, 0.3) is 0 Å². The van der Waals surface area contributed by atoms with Crippen LogP contribution >= 0.6 is 24.0 Å². The van der Waals surface area contributed by atoms with Gasteiger partial charge in [-0.2, -0.15) is 0 Å². The summed E-state index contributed by atoms with van der Waals surface area (Å²) in [6.45, 7) is 6.53. The van der Waals surface area contributed by atoms with E-state index in [1.165, 1.54) is 6.42 Å². The Kier molecular flexibility index (Phi) is 7.98. The summed E-state index contributed by atoms with van der Waals surface area (Å²) in [5, 5.41) is 3.35. The number of likely N-dealkylation sites (tertiary alicyclic amines) is 1. The van der Waals surface area contributed by atoms with E-state index in [-0.39, 0.29) is 24.0 Å². The summed E-state index contributed by atoms with van der Waals surface area (Å²) in [6, 6.07) is 1.95. The number of nitrogens with one attached hydrogen (secondary N) is 1. The van der Waals surface area contributed by atoms with Crippen molar-refractivity contribution >= 4 is 29.9 Å². The molecule has 20 heavy (non-hydrogen) atoms. The number of hydrogen-bond donors (Lipinski definition) is 1. The standard InChI is InChI=1S/C14H23N3O2.HI/c1-3-15-14(16-8-12-5-7-19-11-12)17-6-4-13(9-17)10-18-2;/h5,7,11,13H,3-4,6,8-10H2,1-2H3,(H,15,16);1H. The Morgan fingerprint density at radius 2 is 2.45 bits per heavy atom. The van der Waals surface area contributed by atoms with Gasteiger partial charge in [0, 0.05) is 38.2 Å². The summed E-state index contributed by atoms with van der Waals surface area (Å²) in [4.78, 5) is 6.98. The van der Waals surface area contributed by atoms with Crippen LogP contribution in [0.5, 0.6) is 0 Å². The van der Waals surface area contributed by atoms with Gasteiger partial charge in [0.15, 0.2) is 5.96 Å². The fourth-order valence-corrected chi connectivity index (χ4v) is 2.37. The van der Waals surface area contributed by atoms with Gasteiger partial charge >= 0.3 is 0 Å². The van der Waals surface area contributed by atoms with E-state index in [2.05, 4.69) is 22.1 Å². The van der Waals surface area contributed by atoms with Gasteiger partial charge in [-0.25, -0.2) is 4.99 Å². The Balaban J connectivity index is 0.00000200. The third-order valence-electron chi connectivity index (χ3n) is 3.31. The van der Waals surface area contributed by atoms with Gasteiger partial charge in [-0.3, -0.25) is 0 Å². The first-order valence-corrected chi connectivity index (χ1v) is 6.86. The lowest BCUT2D eigenvalue weighted by molar-refractivity contribution is 0.157. The monoisotopic (exact) mass is 393 g/mol. The maximum Gasteiger partial charge on any atom is 0.194 e. The van der Waals surface area contributed by atoms with E-state index in [1.807, 2.05) is 6.07 Å². The summed E-state index contributed by atoms with van der Waals surface area (Å²) < 4.78 is 10.3. The van der Waals surface area contributed by atoms with Gasteiger partial charge in [0.25, 0.3) is 0 Å². The van der Waals surface area contributed by atoms with Gasteiger partial charge in [-0.15, -0.1) is 24.0 Å². The van der Waals surface area contributed by atoms with Crippen molar-refractivity contribution in [2.45, 2.75) is 19.9 Å². The van der Waals surface area contributed by atoms with Crippen LogP contribution in [0, 0.1) is 5.92 Å². The normalized spacial score (nSPS) is 19.0. The molecule has 2 rings (SSSR count). The fourth-order valence-electron chi connectivity index (χ4n) is 2.37. The van der Waals surface area contributed by atoms with Gasteiger partial charge in [0.1, 0.15) is 0 Å². The molecule has 0 bridgehead atoms. The number of rotatable bonds is 5. The molecular formula is C14H24IN3O2. The van der Waals surface area contributed by atoms with E-state index in [0.29, 0.717) is 12.5 Å². The molecule has 0 aliphatic carbocycles. The average Bonchev–Trinajstić information content (AvgIpc) is 3.06. The summed E-state index contributed by atoms with van der Waals surface area (Å²) in [5.74, 6) is 1.60. The zero-order chi connectivity index (χ0) is 13.5. The highest BCUT2D eigenvalue weighted by Crippen LogP contribution is 2.16. The molecule has 0 aromatic carbocycles. The summed E-state index contributed by atoms with van der Waals surface area (Å²) in [6.07, 6.45) is 4.59. The minimum atomic E-state index is 0. The maximum atomic E-state index is 5.23. The molecule has 0 amide bonds. The molecule has 1 N–H and O–H groups in total. The van der Waals surface area contributed by atoms with Gasteiger partial charge in [-0.1, -0.05) is 0 Å². The van der Waals surface area contributed by atoms with E-state index >= 15 is 0 Å². The van der Waals surface area contributed by atoms with Crippen molar-refractivity contribution in [2.75, 3.05) is 33.4 Å². The first-order valence-electron chi connectivity index (χ1n) is 6.86. The van der Waals surface area contributed by atoms with Crippen LogP contribution in [0.2, 0.25) is 0 Å². The third kappa shape index (κ3) is 4.97. The SMILES string of the molecule is CCNC(=NCc1ccoc1)N1CCC(COC)C1.I. The highest BCUT2D eigenvalue weighted by atomic mass is 127. The van der Waals surface area contributed by atoms with Crippen LogP contribution in [0.3, 0.4) is 0 Å². The first-order chi connectivity index (χ1) is 9.33. The van der Waals surface area contributed by atoms with Gasteiger partial charge < -0.3 is 19.4 Å². The van der Waals surface area contributed by atoms with Crippen molar-refractivity contribution in [2.24, 2.45) is 10.9 Å². The zero-order valence-electron chi connectivity index (χ0n) is 12.2. The molecule has 1 saturated heterocycles. The van der Waals surface area contributed by atoms with Crippen LogP contribution in [0.1, 0.15) is 18.9 Å². The van der Waals surface area contributed by atoms with E-state index < -0.39 is 0 Å². The minimum Gasteiger partial charge on any atom is -0.472 e. The number of guanidine groups is 1. The smallest absolute Gasteiger partial charge is 0.194 e. The summed E-state index contributed by atoms with van der Waals surface area (Å²) >= 11 is 0. The molecule has 1 aliphatic heterocycles. The Labute approximate surface area is 137 Å². The molecule has 6 heteroatoms. The summed E-state index contributed by atoms with van der Waals surface area (Å²) in [5.41, 5.74) is 1.10. The molecule has 1 unspecified atom stereocenters. The molecule has 1 aliphatic rings. The molecule has 114 valence electrons. The van der Waals surface area contributed by atoms with Crippen LogP contribution in [0.15, 0.2) is 28.0 Å². The molecule has 5 nitrogen and oxygen atoms in total. The predicted octanol–water partition coefficient (Wildman–Crippen LogP) is 2.33. The zero-order valence-corrected chi connectivity index (χ0v) is 14.5. The van der Waals surface area contributed by atoms with Crippen LogP contribution in [-0.4, -0.2) is 44.2 Å². The number of halogens is 1. The maximum absolute atomic E-state index is 5.23. The fraction of sp³-hybridized carbons (Fsp3) is 0.643. The number of aliphatic imine (C=N–C) groups is 1. The molecule has 0 spiro atoms. The number of nitrogens with zero attached hydrogens (tertiary/aromatic N) is 2. The number of methoxy groups -OCH3 is 1. The average molecular weight is 393 g/mol. The molecule has 1 aromatic rings.